The fourth-order valence-corrected chi connectivity index (χ4v) is 3.77. The van der Waals surface area contributed by atoms with Crippen LogP contribution in [0.5, 0.6) is 0 Å². The van der Waals surface area contributed by atoms with Gasteiger partial charge in [-0.05, 0) is 49.1 Å². The Morgan fingerprint density at radius 1 is 1.04 bits per heavy atom. The first-order chi connectivity index (χ1) is 12.2. The molecule has 0 aromatic heterocycles. The minimum absolute atomic E-state index is 0.117. The number of rotatable bonds is 7. The Morgan fingerprint density at radius 2 is 1.73 bits per heavy atom. The summed E-state index contributed by atoms with van der Waals surface area (Å²) in [6.45, 7) is 6.22. The van der Waals surface area contributed by atoms with Gasteiger partial charge in [-0.25, -0.2) is 8.42 Å². The highest BCUT2D eigenvalue weighted by atomic mass is 32.2. The quantitative estimate of drug-likeness (QED) is 0.810. The van der Waals surface area contributed by atoms with Gasteiger partial charge in [0.05, 0.1) is 24.9 Å². The summed E-state index contributed by atoms with van der Waals surface area (Å²) in [6, 6.07) is 13.4. The van der Waals surface area contributed by atoms with Gasteiger partial charge in [0.2, 0.25) is 15.9 Å². The van der Waals surface area contributed by atoms with Gasteiger partial charge in [0.25, 0.3) is 0 Å². The fourth-order valence-electron chi connectivity index (χ4n) is 2.79. The Balaban J connectivity index is 2.03. The van der Waals surface area contributed by atoms with E-state index in [-0.39, 0.29) is 25.4 Å². The van der Waals surface area contributed by atoms with E-state index in [0.717, 1.165) is 22.3 Å². The van der Waals surface area contributed by atoms with Gasteiger partial charge in [0.15, 0.2) is 0 Å². The zero-order chi connectivity index (χ0) is 19.3. The molecule has 2 aromatic carbocycles. The Bertz CT molecular complexity index is 892. The summed E-state index contributed by atoms with van der Waals surface area (Å²) in [6.07, 6.45) is 1.47. The standard InChI is InChI=1S/C20H26N2O3S/c1-15-9-10-17(3)19(13-15)22(26(4,24)25)12-11-21-20(23)14-18-8-6-5-7-16(18)2/h5-10,13H,11-12,14H2,1-4H3,(H,21,23). The molecule has 0 aliphatic carbocycles. The molecule has 0 unspecified atom stereocenters. The molecule has 140 valence electrons. The minimum atomic E-state index is -3.44. The van der Waals surface area contributed by atoms with Gasteiger partial charge >= 0.3 is 0 Å². The fraction of sp³-hybridized carbons (Fsp3) is 0.350. The van der Waals surface area contributed by atoms with Crippen LogP contribution in [0.2, 0.25) is 0 Å². The molecule has 2 rings (SSSR count). The zero-order valence-electron chi connectivity index (χ0n) is 15.7. The van der Waals surface area contributed by atoms with Gasteiger partial charge in [-0.2, -0.15) is 0 Å². The van der Waals surface area contributed by atoms with Crippen LogP contribution in [0.4, 0.5) is 5.69 Å². The minimum Gasteiger partial charge on any atom is -0.354 e. The summed E-state index contributed by atoms with van der Waals surface area (Å²) >= 11 is 0. The van der Waals surface area contributed by atoms with E-state index >= 15 is 0 Å². The number of benzene rings is 2. The molecule has 0 aliphatic rings. The van der Waals surface area contributed by atoms with Gasteiger partial charge in [0, 0.05) is 6.54 Å². The topological polar surface area (TPSA) is 66.5 Å². The van der Waals surface area contributed by atoms with Crippen molar-refractivity contribution in [2.75, 3.05) is 23.7 Å². The second-order valence-electron chi connectivity index (χ2n) is 6.58. The summed E-state index contributed by atoms with van der Waals surface area (Å²) in [5.41, 5.74) is 4.56. The Kier molecular flexibility index (Phi) is 6.42. The van der Waals surface area contributed by atoms with E-state index in [1.807, 2.05) is 63.2 Å². The number of sulfonamides is 1. The highest BCUT2D eigenvalue weighted by Crippen LogP contribution is 2.23. The van der Waals surface area contributed by atoms with Crippen LogP contribution in [0.25, 0.3) is 0 Å². The van der Waals surface area contributed by atoms with Crippen molar-refractivity contribution in [3.05, 3.63) is 64.7 Å². The number of nitrogens with one attached hydrogen (secondary N) is 1. The lowest BCUT2D eigenvalue weighted by Gasteiger charge is -2.24. The molecule has 0 spiro atoms. The zero-order valence-corrected chi connectivity index (χ0v) is 16.6. The second kappa shape index (κ2) is 8.36. The molecular weight excluding hydrogens is 348 g/mol. The molecule has 0 atom stereocenters. The highest BCUT2D eigenvalue weighted by Gasteiger charge is 2.19. The van der Waals surface area contributed by atoms with Crippen molar-refractivity contribution in [2.45, 2.75) is 27.2 Å². The van der Waals surface area contributed by atoms with Crippen LogP contribution in [-0.2, 0) is 21.2 Å². The van der Waals surface area contributed by atoms with E-state index < -0.39 is 10.0 Å². The summed E-state index contributed by atoms with van der Waals surface area (Å²) < 4.78 is 25.8. The van der Waals surface area contributed by atoms with Gasteiger partial charge in [-0.1, -0.05) is 36.4 Å². The average molecular weight is 375 g/mol. The van der Waals surface area contributed by atoms with Crippen LogP contribution in [-0.4, -0.2) is 33.7 Å². The van der Waals surface area contributed by atoms with Crippen molar-refractivity contribution < 1.29 is 13.2 Å². The molecular formula is C20H26N2O3S. The Labute approximate surface area is 156 Å². The van der Waals surface area contributed by atoms with E-state index in [4.69, 9.17) is 0 Å². The van der Waals surface area contributed by atoms with Crippen molar-refractivity contribution in [3.63, 3.8) is 0 Å². The van der Waals surface area contributed by atoms with Gasteiger partial charge in [-0.3, -0.25) is 9.10 Å². The molecule has 1 amide bonds. The van der Waals surface area contributed by atoms with Crippen molar-refractivity contribution in [3.8, 4) is 0 Å². The maximum atomic E-state index is 12.2. The molecule has 1 N–H and O–H groups in total. The van der Waals surface area contributed by atoms with E-state index in [9.17, 15) is 13.2 Å². The van der Waals surface area contributed by atoms with Crippen LogP contribution in [0.3, 0.4) is 0 Å². The molecule has 0 fully saturated rings. The first-order valence-corrected chi connectivity index (χ1v) is 10.4. The Hall–Kier alpha value is -2.34. The molecule has 0 saturated heterocycles. The first kappa shape index (κ1) is 20.0. The molecule has 5 nitrogen and oxygen atoms in total. The van der Waals surface area contributed by atoms with Crippen molar-refractivity contribution in [1.82, 2.24) is 5.32 Å². The number of hydrogen-bond donors (Lipinski definition) is 1. The summed E-state index contributed by atoms with van der Waals surface area (Å²) in [4.78, 5) is 12.2. The lowest BCUT2D eigenvalue weighted by Crippen LogP contribution is -2.39. The maximum Gasteiger partial charge on any atom is 0.232 e. The molecule has 0 radical (unpaired) electrons. The SMILES string of the molecule is Cc1ccc(C)c(N(CCNC(=O)Cc2ccccc2C)S(C)(=O)=O)c1. The van der Waals surface area contributed by atoms with Crippen LogP contribution < -0.4 is 9.62 Å². The van der Waals surface area contributed by atoms with Crippen molar-refractivity contribution in [1.29, 1.82) is 0 Å². The summed E-state index contributed by atoms with van der Waals surface area (Å²) in [5, 5.41) is 2.82. The van der Waals surface area contributed by atoms with Crippen molar-refractivity contribution in [2.24, 2.45) is 0 Å². The number of hydrogen-bond acceptors (Lipinski definition) is 3. The van der Waals surface area contributed by atoms with Gasteiger partial charge < -0.3 is 5.32 Å². The molecule has 2 aromatic rings. The number of nitrogens with zero attached hydrogens (tertiary/aromatic N) is 1. The van der Waals surface area contributed by atoms with Crippen LogP contribution in [0, 0.1) is 20.8 Å². The average Bonchev–Trinajstić information content (AvgIpc) is 2.55. The third-order valence-corrected chi connectivity index (χ3v) is 5.46. The second-order valence-corrected chi connectivity index (χ2v) is 8.49. The van der Waals surface area contributed by atoms with Gasteiger partial charge in [-0.15, -0.1) is 0 Å². The number of aryl methyl sites for hydroxylation is 3. The number of carbonyl (C=O) groups excluding carboxylic acids is 1. The predicted octanol–water partition coefficient (Wildman–Crippen LogP) is 2.74. The largest absolute Gasteiger partial charge is 0.354 e. The van der Waals surface area contributed by atoms with Crippen LogP contribution >= 0.6 is 0 Å². The molecule has 0 aliphatic heterocycles. The molecule has 6 heteroatoms. The molecule has 26 heavy (non-hydrogen) atoms. The van der Waals surface area contributed by atoms with Crippen molar-refractivity contribution >= 4 is 21.6 Å². The summed E-state index contributed by atoms with van der Waals surface area (Å²) in [7, 11) is -3.44. The van der Waals surface area contributed by atoms with Crippen LogP contribution in [0.1, 0.15) is 22.3 Å². The number of amides is 1. The van der Waals surface area contributed by atoms with E-state index in [2.05, 4.69) is 5.32 Å². The smallest absolute Gasteiger partial charge is 0.232 e. The van der Waals surface area contributed by atoms with Gasteiger partial charge in [0.1, 0.15) is 0 Å². The number of carbonyl (C=O) groups is 1. The van der Waals surface area contributed by atoms with E-state index in [0.29, 0.717) is 5.69 Å². The lowest BCUT2D eigenvalue weighted by molar-refractivity contribution is -0.120. The predicted molar refractivity (Wildman–Crippen MR) is 106 cm³/mol. The lowest BCUT2D eigenvalue weighted by atomic mass is 10.1. The number of anilines is 1. The highest BCUT2D eigenvalue weighted by molar-refractivity contribution is 7.92. The summed E-state index contributed by atoms with van der Waals surface area (Å²) in [5.74, 6) is -0.117. The maximum absolute atomic E-state index is 12.2. The normalized spacial score (nSPS) is 11.2. The molecule has 0 bridgehead atoms. The molecule has 0 heterocycles. The Morgan fingerprint density at radius 3 is 2.38 bits per heavy atom. The first-order valence-electron chi connectivity index (χ1n) is 8.54. The van der Waals surface area contributed by atoms with Crippen LogP contribution in [0.15, 0.2) is 42.5 Å². The molecule has 0 saturated carbocycles. The third-order valence-electron chi connectivity index (χ3n) is 4.28. The van der Waals surface area contributed by atoms with E-state index in [1.165, 1.54) is 10.6 Å². The van der Waals surface area contributed by atoms with E-state index in [1.54, 1.807) is 0 Å². The third kappa shape index (κ3) is 5.33. The monoisotopic (exact) mass is 374 g/mol.